The smallest absolute Gasteiger partial charge is 0.261 e. The number of amides is 1. The molecule has 0 saturated carbocycles. The van der Waals surface area contributed by atoms with Crippen LogP contribution in [0.5, 0.6) is 0 Å². The summed E-state index contributed by atoms with van der Waals surface area (Å²) in [5, 5.41) is 8.28. The van der Waals surface area contributed by atoms with Crippen LogP contribution in [0.3, 0.4) is 0 Å². The summed E-state index contributed by atoms with van der Waals surface area (Å²) >= 11 is 5.20. The first kappa shape index (κ1) is 22.5. The van der Waals surface area contributed by atoms with Crippen LogP contribution in [0.25, 0.3) is 22.2 Å². The molecule has 0 radical (unpaired) electrons. The lowest BCUT2D eigenvalue weighted by atomic mass is 10.1. The van der Waals surface area contributed by atoms with Crippen LogP contribution >= 0.6 is 12.2 Å². The lowest BCUT2D eigenvalue weighted by Crippen LogP contribution is -2.23. The van der Waals surface area contributed by atoms with Gasteiger partial charge in [0.05, 0.1) is 23.1 Å². The van der Waals surface area contributed by atoms with Crippen molar-refractivity contribution in [3.05, 3.63) is 117 Å². The predicted molar refractivity (Wildman–Crippen MR) is 139 cm³/mol. The van der Waals surface area contributed by atoms with Gasteiger partial charge in [-0.25, -0.2) is 0 Å². The van der Waals surface area contributed by atoms with Crippen molar-refractivity contribution in [1.29, 1.82) is 0 Å². The molecule has 0 saturated heterocycles. The Morgan fingerprint density at radius 2 is 1.74 bits per heavy atom. The predicted octanol–water partition coefficient (Wildman–Crippen LogP) is 4.44. The highest BCUT2D eigenvalue weighted by Crippen LogP contribution is 2.22. The molecule has 0 unspecified atom stereocenters. The van der Waals surface area contributed by atoms with Crippen molar-refractivity contribution in [2.45, 2.75) is 13.1 Å². The van der Waals surface area contributed by atoms with Crippen LogP contribution in [0.2, 0.25) is 0 Å². The van der Waals surface area contributed by atoms with Crippen molar-refractivity contribution in [2.24, 2.45) is 7.05 Å². The Morgan fingerprint density at radius 3 is 2.49 bits per heavy atom. The van der Waals surface area contributed by atoms with Crippen LogP contribution in [0.4, 0.5) is 0 Å². The van der Waals surface area contributed by atoms with E-state index >= 15 is 0 Å². The third kappa shape index (κ3) is 4.69. The lowest BCUT2D eigenvalue weighted by Gasteiger charge is -2.08. The van der Waals surface area contributed by atoms with E-state index in [1.807, 2.05) is 59.4 Å². The molecule has 1 amide bonds. The first-order valence-electron chi connectivity index (χ1n) is 11.2. The minimum atomic E-state index is -0.248. The molecule has 174 valence electrons. The Hall–Kier alpha value is -4.30. The summed E-state index contributed by atoms with van der Waals surface area (Å²) in [6.07, 6.45) is 1.97. The van der Waals surface area contributed by atoms with E-state index in [0.717, 1.165) is 22.4 Å². The van der Waals surface area contributed by atoms with Crippen molar-refractivity contribution in [3.8, 4) is 11.3 Å². The van der Waals surface area contributed by atoms with Crippen LogP contribution in [-0.4, -0.2) is 25.2 Å². The maximum atomic E-state index is 13.0. The van der Waals surface area contributed by atoms with Gasteiger partial charge < -0.3 is 10.3 Å². The second-order valence-electron chi connectivity index (χ2n) is 8.29. The lowest BCUT2D eigenvalue weighted by molar-refractivity contribution is 0.0951. The molecule has 2 heterocycles. The topological polar surface area (TPSA) is 84.7 Å². The summed E-state index contributed by atoms with van der Waals surface area (Å²) in [5.41, 5.74) is 4.64. The highest BCUT2D eigenvalue weighted by molar-refractivity contribution is 7.71. The molecule has 0 fully saturated rings. The quantitative estimate of drug-likeness (QED) is 0.351. The monoisotopic (exact) mass is 481 g/mol. The number of nitrogens with one attached hydrogen (secondary N) is 2. The number of hydrogen-bond acceptors (Lipinski definition) is 4. The van der Waals surface area contributed by atoms with Gasteiger partial charge in [0, 0.05) is 36.5 Å². The molecule has 0 aliphatic heterocycles. The number of fused-ring (bicyclic) bond motifs is 1. The van der Waals surface area contributed by atoms with E-state index in [-0.39, 0.29) is 11.5 Å². The third-order valence-corrected chi connectivity index (χ3v) is 6.25. The number of benzene rings is 3. The fourth-order valence-electron chi connectivity index (χ4n) is 4.01. The summed E-state index contributed by atoms with van der Waals surface area (Å²) in [6.45, 7) is 0.940. The maximum absolute atomic E-state index is 13.0. The molecule has 7 nitrogen and oxygen atoms in total. The number of rotatable bonds is 6. The van der Waals surface area contributed by atoms with E-state index in [1.165, 1.54) is 4.57 Å². The van der Waals surface area contributed by atoms with Gasteiger partial charge in [-0.2, -0.15) is 5.10 Å². The molecular weight excluding hydrogens is 458 g/mol. The van der Waals surface area contributed by atoms with E-state index in [2.05, 4.69) is 22.4 Å². The van der Waals surface area contributed by atoms with Gasteiger partial charge in [-0.05, 0) is 36.0 Å². The SMILES string of the molecule is Cn1c(=S)[nH]c2cc(C(=O)NCc3cn(Cc4ccccc4)nc3-c3ccccc3)ccc2c1=O. The fourth-order valence-corrected chi connectivity index (χ4v) is 4.20. The van der Waals surface area contributed by atoms with Crippen molar-refractivity contribution in [1.82, 2.24) is 24.6 Å². The zero-order valence-electron chi connectivity index (χ0n) is 19.1. The van der Waals surface area contributed by atoms with E-state index < -0.39 is 0 Å². The largest absolute Gasteiger partial charge is 0.348 e. The van der Waals surface area contributed by atoms with Gasteiger partial charge in [-0.3, -0.25) is 18.8 Å². The number of carbonyl (C=O) groups excluding carboxylic acids is 1. The molecule has 5 aromatic rings. The number of aromatic nitrogens is 4. The molecule has 0 atom stereocenters. The summed E-state index contributed by atoms with van der Waals surface area (Å²) in [6, 6.07) is 25.0. The van der Waals surface area contributed by atoms with Crippen LogP contribution < -0.4 is 10.9 Å². The minimum absolute atomic E-state index is 0.200. The summed E-state index contributed by atoms with van der Waals surface area (Å²) < 4.78 is 3.57. The van der Waals surface area contributed by atoms with Crippen molar-refractivity contribution < 1.29 is 4.79 Å². The van der Waals surface area contributed by atoms with E-state index in [1.54, 1.807) is 25.2 Å². The molecule has 2 aromatic heterocycles. The van der Waals surface area contributed by atoms with Gasteiger partial charge in [0.15, 0.2) is 4.77 Å². The summed E-state index contributed by atoms with van der Waals surface area (Å²) in [7, 11) is 1.61. The first-order chi connectivity index (χ1) is 17.0. The van der Waals surface area contributed by atoms with Crippen molar-refractivity contribution in [2.75, 3.05) is 0 Å². The van der Waals surface area contributed by atoms with Crippen LogP contribution in [-0.2, 0) is 20.1 Å². The molecular formula is C27H23N5O2S. The van der Waals surface area contributed by atoms with Crippen LogP contribution in [0, 0.1) is 4.77 Å². The second kappa shape index (κ2) is 9.52. The highest BCUT2D eigenvalue weighted by atomic mass is 32.1. The normalized spacial score (nSPS) is 11.0. The molecule has 2 N–H and O–H groups in total. The number of nitrogens with zero attached hydrogens (tertiary/aromatic N) is 3. The molecule has 8 heteroatoms. The Bertz CT molecular complexity index is 1640. The maximum Gasteiger partial charge on any atom is 0.261 e. The van der Waals surface area contributed by atoms with Crippen LogP contribution in [0.1, 0.15) is 21.5 Å². The standard InChI is InChI=1S/C27H23N5O2S/c1-31-26(34)22-13-12-20(14-23(22)29-27(31)35)25(33)28-15-21-17-32(16-18-8-4-2-5-9-18)30-24(21)19-10-6-3-7-11-19/h2-14,17H,15-16H2,1H3,(H,28,33)(H,29,35). The first-order valence-corrected chi connectivity index (χ1v) is 11.6. The van der Waals surface area contributed by atoms with Gasteiger partial charge in [0.1, 0.15) is 0 Å². The summed E-state index contributed by atoms with van der Waals surface area (Å²) in [4.78, 5) is 28.4. The number of aromatic amines is 1. The molecule has 3 aromatic carbocycles. The van der Waals surface area contributed by atoms with E-state index in [0.29, 0.717) is 34.3 Å². The van der Waals surface area contributed by atoms with E-state index in [4.69, 9.17) is 17.3 Å². The number of carbonyl (C=O) groups is 1. The van der Waals surface area contributed by atoms with Gasteiger partial charge in [0.25, 0.3) is 11.5 Å². The van der Waals surface area contributed by atoms with Gasteiger partial charge in [0.2, 0.25) is 0 Å². The average molecular weight is 482 g/mol. The molecule has 5 rings (SSSR count). The van der Waals surface area contributed by atoms with Crippen molar-refractivity contribution >= 4 is 29.0 Å². The Balaban J connectivity index is 1.41. The third-order valence-electron chi connectivity index (χ3n) is 5.87. The highest BCUT2D eigenvalue weighted by Gasteiger charge is 2.14. The van der Waals surface area contributed by atoms with Crippen LogP contribution in [0.15, 0.2) is 89.9 Å². The van der Waals surface area contributed by atoms with Crippen molar-refractivity contribution in [3.63, 3.8) is 0 Å². The second-order valence-corrected chi connectivity index (χ2v) is 8.68. The molecule has 0 bridgehead atoms. The average Bonchev–Trinajstić information content (AvgIpc) is 3.29. The Morgan fingerprint density at radius 1 is 1.03 bits per heavy atom. The Labute approximate surface area is 206 Å². The Kier molecular flexibility index (Phi) is 6.12. The van der Waals surface area contributed by atoms with Gasteiger partial charge in [-0.15, -0.1) is 0 Å². The number of H-pyrrole nitrogens is 1. The molecule has 35 heavy (non-hydrogen) atoms. The van der Waals surface area contributed by atoms with E-state index in [9.17, 15) is 9.59 Å². The summed E-state index contributed by atoms with van der Waals surface area (Å²) in [5.74, 6) is -0.248. The van der Waals surface area contributed by atoms with Gasteiger partial charge in [-0.1, -0.05) is 60.7 Å². The number of hydrogen-bond donors (Lipinski definition) is 2. The molecule has 0 aliphatic rings. The molecule has 0 aliphatic carbocycles. The van der Waals surface area contributed by atoms with Gasteiger partial charge >= 0.3 is 0 Å². The molecule has 0 spiro atoms. The fraction of sp³-hybridized carbons (Fsp3) is 0.111. The minimum Gasteiger partial charge on any atom is -0.348 e. The zero-order valence-corrected chi connectivity index (χ0v) is 19.9. The zero-order chi connectivity index (χ0) is 24.4.